The maximum atomic E-state index is 11.0. The number of carbonyl (C=O) groups is 1. The van der Waals surface area contributed by atoms with E-state index in [-0.39, 0.29) is 12.3 Å². The lowest BCUT2D eigenvalue weighted by atomic mass is 9.79. The van der Waals surface area contributed by atoms with Crippen molar-refractivity contribution in [2.24, 2.45) is 5.92 Å². The summed E-state index contributed by atoms with van der Waals surface area (Å²) in [6.07, 6.45) is 2.50. The van der Waals surface area contributed by atoms with Gasteiger partial charge in [-0.15, -0.1) is 0 Å². The number of aliphatic carboxylic acids is 1. The Morgan fingerprint density at radius 1 is 1.41 bits per heavy atom. The topological polar surface area (TPSA) is 49.3 Å². The molecule has 1 heterocycles. The van der Waals surface area contributed by atoms with E-state index in [2.05, 4.69) is 5.32 Å². The number of carboxylic acids is 1. The van der Waals surface area contributed by atoms with Crippen molar-refractivity contribution in [2.75, 3.05) is 13.1 Å². The van der Waals surface area contributed by atoms with Gasteiger partial charge in [0.1, 0.15) is 0 Å². The first-order chi connectivity index (χ1) is 8.27. The maximum Gasteiger partial charge on any atom is 0.303 e. The van der Waals surface area contributed by atoms with Crippen LogP contribution in [-0.2, 0) is 4.79 Å². The number of hydrogen-bond donors (Lipinski definition) is 2. The lowest BCUT2D eigenvalue weighted by Gasteiger charge is -2.30. The highest BCUT2D eigenvalue weighted by Crippen LogP contribution is 2.32. The Labute approximate surface area is 102 Å². The van der Waals surface area contributed by atoms with E-state index in [1.165, 1.54) is 0 Å². The van der Waals surface area contributed by atoms with Crippen LogP contribution < -0.4 is 5.32 Å². The van der Waals surface area contributed by atoms with Gasteiger partial charge < -0.3 is 10.4 Å². The Morgan fingerprint density at radius 2 is 2.18 bits per heavy atom. The van der Waals surface area contributed by atoms with Gasteiger partial charge in [-0.1, -0.05) is 30.3 Å². The van der Waals surface area contributed by atoms with Crippen molar-refractivity contribution < 1.29 is 9.90 Å². The summed E-state index contributed by atoms with van der Waals surface area (Å²) in [6.45, 7) is 2.00. The largest absolute Gasteiger partial charge is 0.481 e. The van der Waals surface area contributed by atoms with Gasteiger partial charge in [0.25, 0.3) is 0 Å². The van der Waals surface area contributed by atoms with E-state index in [1.807, 2.05) is 30.3 Å². The molecule has 0 radical (unpaired) electrons. The monoisotopic (exact) mass is 233 g/mol. The maximum absolute atomic E-state index is 11.0. The molecule has 0 saturated carbocycles. The summed E-state index contributed by atoms with van der Waals surface area (Å²) in [5.41, 5.74) is 1.16. The smallest absolute Gasteiger partial charge is 0.303 e. The fourth-order valence-corrected chi connectivity index (χ4v) is 2.67. The van der Waals surface area contributed by atoms with Crippen LogP contribution in [0.1, 0.15) is 30.7 Å². The summed E-state index contributed by atoms with van der Waals surface area (Å²) in [5.74, 6) is -0.117. The fraction of sp³-hybridized carbons (Fsp3) is 0.500. The third kappa shape index (κ3) is 3.30. The molecule has 0 aliphatic carbocycles. The van der Waals surface area contributed by atoms with E-state index < -0.39 is 5.97 Å². The molecule has 2 N–H and O–H groups in total. The molecule has 1 aliphatic heterocycles. The molecule has 2 unspecified atom stereocenters. The molecule has 17 heavy (non-hydrogen) atoms. The minimum Gasteiger partial charge on any atom is -0.481 e. The molecule has 0 amide bonds. The second-order valence-electron chi connectivity index (χ2n) is 4.72. The fourth-order valence-electron chi connectivity index (χ4n) is 2.67. The molecule has 3 heteroatoms. The molecule has 1 saturated heterocycles. The van der Waals surface area contributed by atoms with Gasteiger partial charge in [0.05, 0.1) is 6.42 Å². The van der Waals surface area contributed by atoms with Crippen LogP contribution in [0.5, 0.6) is 0 Å². The van der Waals surface area contributed by atoms with Crippen LogP contribution in [0.15, 0.2) is 30.3 Å². The van der Waals surface area contributed by atoms with Crippen molar-refractivity contribution in [3.8, 4) is 0 Å². The quantitative estimate of drug-likeness (QED) is 0.838. The van der Waals surface area contributed by atoms with Crippen LogP contribution in [0.3, 0.4) is 0 Å². The zero-order valence-corrected chi connectivity index (χ0v) is 9.93. The molecule has 1 aromatic carbocycles. The van der Waals surface area contributed by atoms with Crippen molar-refractivity contribution in [1.82, 2.24) is 5.32 Å². The van der Waals surface area contributed by atoms with E-state index in [0.29, 0.717) is 5.92 Å². The first-order valence-corrected chi connectivity index (χ1v) is 6.25. The average molecular weight is 233 g/mol. The molecular formula is C14H19NO2. The van der Waals surface area contributed by atoms with Crippen LogP contribution in [0.2, 0.25) is 0 Å². The van der Waals surface area contributed by atoms with Crippen molar-refractivity contribution in [1.29, 1.82) is 0 Å². The van der Waals surface area contributed by atoms with Crippen LogP contribution in [0.25, 0.3) is 0 Å². The molecule has 2 rings (SSSR count). The van der Waals surface area contributed by atoms with Crippen molar-refractivity contribution in [3.63, 3.8) is 0 Å². The van der Waals surface area contributed by atoms with Gasteiger partial charge in [0.15, 0.2) is 0 Å². The summed E-state index contributed by atoms with van der Waals surface area (Å²) in [5, 5.41) is 12.4. The summed E-state index contributed by atoms with van der Waals surface area (Å²) in [7, 11) is 0. The summed E-state index contributed by atoms with van der Waals surface area (Å²) < 4.78 is 0. The molecule has 92 valence electrons. The van der Waals surface area contributed by atoms with E-state index >= 15 is 0 Å². The summed E-state index contributed by atoms with van der Waals surface area (Å²) >= 11 is 0. The highest BCUT2D eigenvalue weighted by Gasteiger charge is 2.26. The third-order valence-corrected chi connectivity index (χ3v) is 3.53. The van der Waals surface area contributed by atoms with Crippen LogP contribution in [-0.4, -0.2) is 24.2 Å². The van der Waals surface area contributed by atoms with Gasteiger partial charge in [-0.25, -0.2) is 0 Å². The molecule has 1 aromatic rings. The number of benzene rings is 1. The predicted molar refractivity (Wildman–Crippen MR) is 67.0 cm³/mol. The molecule has 0 bridgehead atoms. The van der Waals surface area contributed by atoms with Gasteiger partial charge in [-0.05, 0) is 43.3 Å². The standard InChI is InChI=1S/C14H19NO2/c16-14(17)9-13(11-5-2-1-3-6-11)12-7-4-8-15-10-12/h1-3,5-6,12-13,15H,4,7-10H2,(H,16,17). The lowest BCUT2D eigenvalue weighted by molar-refractivity contribution is -0.137. The van der Waals surface area contributed by atoms with E-state index in [1.54, 1.807) is 0 Å². The average Bonchev–Trinajstić information content (AvgIpc) is 2.38. The van der Waals surface area contributed by atoms with E-state index in [4.69, 9.17) is 5.11 Å². The van der Waals surface area contributed by atoms with E-state index in [9.17, 15) is 4.79 Å². The minimum atomic E-state index is -0.704. The minimum absolute atomic E-state index is 0.140. The first-order valence-electron chi connectivity index (χ1n) is 6.25. The third-order valence-electron chi connectivity index (χ3n) is 3.53. The molecule has 1 aliphatic rings. The van der Waals surface area contributed by atoms with E-state index in [0.717, 1.165) is 31.5 Å². The molecule has 1 fully saturated rings. The second kappa shape index (κ2) is 5.82. The zero-order valence-electron chi connectivity index (χ0n) is 9.93. The lowest BCUT2D eigenvalue weighted by Crippen LogP contribution is -2.34. The Bertz CT molecular complexity index is 358. The highest BCUT2D eigenvalue weighted by molar-refractivity contribution is 5.68. The first kappa shape index (κ1) is 12.1. The highest BCUT2D eigenvalue weighted by atomic mass is 16.4. The summed E-state index contributed by atoms with van der Waals surface area (Å²) in [4.78, 5) is 11.0. The second-order valence-corrected chi connectivity index (χ2v) is 4.72. The van der Waals surface area contributed by atoms with Gasteiger partial charge >= 0.3 is 5.97 Å². The Kier molecular flexibility index (Phi) is 4.15. The van der Waals surface area contributed by atoms with Gasteiger partial charge in [-0.2, -0.15) is 0 Å². The van der Waals surface area contributed by atoms with Crippen molar-refractivity contribution >= 4 is 5.97 Å². The van der Waals surface area contributed by atoms with Crippen LogP contribution >= 0.6 is 0 Å². The molecule has 0 spiro atoms. The van der Waals surface area contributed by atoms with Gasteiger partial charge in [0.2, 0.25) is 0 Å². The summed E-state index contributed by atoms with van der Waals surface area (Å²) in [6, 6.07) is 10.0. The SMILES string of the molecule is O=C(O)CC(c1ccccc1)C1CCCNC1. The Morgan fingerprint density at radius 3 is 2.76 bits per heavy atom. The van der Waals surface area contributed by atoms with Crippen molar-refractivity contribution in [3.05, 3.63) is 35.9 Å². The molecule has 3 nitrogen and oxygen atoms in total. The number of carboxylic acid groups (broad SMARTS) is 1. The number of nitrogens with one attached hydrogen (secondary N) is 1. The molecule has 2 atom stereocenters. The van der Waals surface area contributed by atoms with Gasteiger partial charge in [0, 0.05) is 0 Å². The zero-order chi connectivity index (χ0) is 12.1. The van der Waals surface area contributed by atoms with Crippen molar-refractivity contribution in [2.45, 2.75) is 25.2 Å². The molecular weight excluding hydrogens is 214 g/mol. The van der Waals surface area contributed by atoms with Gasteiger partial charge in [-0.3, -0.25) is 4.79 Å². The molecule has 0 aromatic heterocycles. The number of hydrogen-bond acceptors (Lipinski definition) is 2. The number of rotatable bonds is 4. The van der Waals surface area contributed by atoms with Crippen LogP contribution in [0.4, 0.5) is 0 Å². The normalized spacial score (nSPS) is 22.0. The number of piperidine rings is 1. The predicted octanol–water partition coefficient (Wildman–Crippen LogP) is 2.24. The Hall–Kier alpha value is -1.35. The van der Waals surface area contributed by atoms with Crippen LogP contribution in [0, 0.1) is 5.92 Å². The Balaban J connectivity index is 2.15.